The highest BCUT2D eigenvalue weighted by atomic mass is 16.2. The average Bonchev–Trinajstić information content (AvgIpc) is 3.09. The van der Waals surface area contributed by atoms with E-state index in [1.54, 1.807) is 4.90 Å². The van der Waals surface area contributed by atoms with Crippen LogP contribution in [0.5, 0.6) is 0 Å². The van der Waals surface area contributed by atoms with E-state index in [0.29, 0.717) is 12.0 Å². The Kier molecular flexibility index (Phi) is 3.23. The van der Waals surface area contributed by atoms with Gasteiger partial charge in [0.25, 0.3) is 5.91 Å². The third-order valence-corrected chi connectivity index (χ3v) is 3.87. The van der Waals surface area contributed by atoms with E-state index in [1.165, 1.54) is 0 Å². The molecular weight excluding hydrogens is 240 g/mol. The quantitative estimate of drug-likeness (QED) is 0.814. The van der Waals surface area contributed by atoms with Gasteiger partial charge in [-0.1, -0.05) is 6.07 Å². The van der Waals surface area contributed by atoms with Crippen LogP contribution in [-0.2, 0) is 4.79 Å². The van der Waals surface area contributed by atoms with Crippen molar-refractivity contribution < 1.29 is 9.59 Å². The van der Waals surface area contributed by atoms with Crippen molar-refractivity contribution in [1.29, 1.82) is 0 Å². The lowest BCUT2D eigenvalue weighted by molar-refractivity contribution is -0.117. The number of benzene rings is 1. The Labute approximate surface area is 113 Å². The molecule has 19 heavy (non-hydrogen) atoms. The smallest absolute Gasteiger partial charge is 0.253 e. The highest BCUT2D eigenvalue weighted by molar-refractivity contribution is 5.99. The van der Waals surface area contributed by atoms with Gasteiger partial charge in [0.1, 0.15) is 0 Å². The van der Waals surface area contributed by atoms with Crippen molar-refractivity contribution in [2.45, 2.75) is 25.7 Å². The van der Waals surface area contributed by atoms with Gasteiger partial charge in [0.15, 0.2) is 0 Å². The minimum absolute atomic E-state index is 0.0889. The zero-order chi connectivity index (χ0) is 13.2. The lowest BCUT2D eigenvalue weighted by Gasteiger charge is -2.19. The Balaban J connectivity index is 1.83. The first-order chi connectivity index (χ1) is 9.25. The van der Waals surface area contributed by atoms with Gasteiger partial charge in [-0.2, -0.15) is 0 Å². The molecule has 0 spiro atoms. The molecule has 0 radical (unpaired) electrons. The Morgan fingerprint density at radius 1 is 1.05 bits per heavy atom. The van der Waals surface area contributed by atoms with Gasteiger partial charge >= 0.3 is 0 Å². The SMILES string of the molecule is O=C(c1cccc(N2CCCC2=O)c1)N1CCCC1. The van der Waals surface area contributed by atoms with E-state index in [-0.39, 0.29) is 11.8 Å². The third kappa shape index (κ3) is 2.35. The fourth-order valence-corrected chi connectivity index (χ4v) is 2.83. The van der Waals surface area contributed by atoms with Crippen LogP contribution in [0, 0.1) is 0 Å². The van der Waals surface area contributed by atoms with Crippen molar-refractivity contribution in [3.05, 3.63) is 29.8 Å². The van der Waals surface area contributed by atoms with Crippen molar-refractivity contribution in [3.8, 4) is 0 Å². The summed E-state index contributed by atoms with van der Waals surface area (Å²) in [5.41, 5.74) is 1.55. The summed E-state index contributed by atoms with van der Waals surface area (Å²) in [4.78, 5) is 27.7. The molecule has 0 aliphatic carbocycles. The number of amides is 2. The Bertz CT molecular complexity index is 507. The highest BCUT2D eigenvalue weighted by Gasteiger charge is 2.24. The summed E-state index contributed by atoms with van der Waals surface area (Å²) in [5.74, 6) is 0.247. The summed E-state index contributed by atoms with van der Waals surface area (Å²) >= 11 is 0. The van der Waals surface area contributed by atoms with Gasteiger partial charge in [-0.3, -0.25) is 9.59 Å². The molecule has 1 aromatic carbocycles. The summed E-state index contributed by atoms with van der Waals surface area (Å²) < 4.78 is 0. The maximum Gasteiger partial charge on any atom is 0.253 e. The molecule has 2 heterocycles. The number of hydrogen-bond acceptors (Lipinski definition) is 2. The normalized spacial score (nSPS) is 19.3. The van der Waals surface area contributed by atoms with Crippen molar-refractivity contribution in [1.82, 2.24) is 4.90 Å². The van der Waals surface area contributed by atoms with E-state index < -0.39 is 0 Å². The first-order valence-electron chi connectivity index (χ1n) is 6.95. The maximum atomic E-state index is 12.3. The lowest BCUT2D eigenvalue weighted by atomic mass is 10.1. The van der Waals surface area contributed by atoms with Crippen molar-refractivity contribution >= 4 is 17.5 Å². The van der Waals surface area contributed by atoms with Gasteiger partial charge in [0, 0.05) is 37.3 Å². The molecule has 0 unspecified atom stereocenters. The van der Waals surface area contributed by atoms with Crippen LogP contribution in [0.1, 0.15) is 36.0 Å². The second kappa shape index (κ2) is 5.03. The molecule has 2 saturated heterocycles. The van der Waals surface area contributed by atoms with Gasteiger partial charge in [-0.05, 0) is 37.5 Å². The summed E-state index contributed by atoms with van der Waals surface area (Å²) in [7, 11) is 0. The molecule has 4 heteroatoms. The topological polar surface area (TPSA) is 40.6 Å². The second-order valence-corrected chi connectivity index (χ2v) is 5.20. The number of carbonyl (C=O) groups excluding carboxylic acids is 2. The van der Waals surface area contributed by atoms with Gasteiger partial charge in [-0.25, -0.2) is 0 Å². The molecule has 0 bridgehead atoms. The molecule has 2 fully saturated rings. The molecule has 4 nitrogen and oxygen atoms in total. The summed E-state index contributed by atoms with van der Waals surface area (Å²) in [6, 6.07) is 7.46. The van der Waals surface area contributed by atoms with Gasteiger partial charge < -0.3 is 9.80 Å². The molecule has 3 rings (SSSR count). The van der Waals surface area contributed by atoms with Crippen LogP contribution in [-0.4, -0.2) is 36.3 Å². The second-order valence-electron chi connectivity index (χ2n) is 5.20. The molecule has 0 atom stereocenters. The Morgan fingerprint density at radius 3 is 2.53 bits per heavy atom. The van der Waals surface area contributed by atoms with Gasteiger partial charge in [0.2, 0.25) is 5.91 Å². The maximum absolute atomic E-state index is 12.3. The third-order valence-electron chi connectivity index (χ3n) is 3.87. The summed E-state index contributed by atoms with van der Waals surface area (Å²) in [6.07, 6.45) is 3.71. The van der Waals surface area contributed by atoms with Gasteiger partial charge in [-0.15, -0.1) is 0 Å². The number of likely N-dealkylation sites (tertiary alicyclic amines) is 1. The standard InChI is InChI=1S/C15H18N2O2/c18-14-7-4-10-17(14)13-6-3-5-12(11-13)15(19)16-8-1-2-9-16/h3,5-6,11H,1-2,4,7-10H2. The molecule has 2 amide bonds. The zero-order valence-corrected chi connectivity index (χ0v) is 11.0. The minimum Gasteiger partial charge on any atom is -0.339 e. The monoisotopic (exact) mass is 258 g/mol. The number of carbonyl (C=O) groups is 2. The van der Waals surface area contributed by atoms with Crippen LogP contribution in [0.4, 0.5) is 5.69 Å². The molecule has 0 saturated carbocycles. The predicted octanol–water partition coefficient (Wildman–Crippen LogP) is 2.05. The molecular formula is C15H18N2O2. The Hall–Kier alpha value is -1.84. The lowest BCUT2D eigenvalue weighted by Crippen LogP contribution is -2.28. The van der Waals surface area contributed by atoms with Crippen molar-refractivity contribution in [2.75, 3.05) is 24.5 Å². The number of hydrogen-bond donors (Lipinski definition) is 0. The van der Waals surface area contributed by atoms with Crippen LogP contribution >= 0.6 is 0 Å². The number of nitrogens with zero attached hydrogens (tertiary/aromatic N) is 2. The van der Waals surface area contributed by atoms with Crippen LogP contribution in [0.3, 0.4) is 0 Å². The largest absolute Gasteiger partial charge is 0.339 e. The minimum atomic E-state index is 0.0889. The zero-order valence-electron chi connectivity index (χ0n) is 11.0. The summed E-state index contributed by atoms with van der Waals surface area (Å²) in [5, 5.41) is 0. The molecule has 100 valence electrons. The molecule has 0 aromatic heterocycles. The first kappa shape index (κ1) is 12.2. The molecule has 2 aliphatic rings. The van der Waals surface area contributed by atoms with Crippen LogP contribution in [0.15, 0.2) is 24.3 Å². The molecule has 2 aliphatic heterocycles. The van der Waals surface area contributed by atoms with E-state index in [2.05, 4.69) is 0 Å². The summed E-state index contributed by atoms with van der Waals surface area (Å²) in [6.45, 7) is 2.47. The number of anilines is 1. The fourth-order valence-electron chi connectivity index (χ4n) is 2.83. The number of rotatable bonds is 2. The van der Waals surface area contributed by atoms with E-state index >= 15 is 0 Å². The van der Waals surface area contributed by atoms with Crippen LogP contribution in [0.2, 0.25) is 0 Å². The highest BCUT2D eigenvalue weighted by Crippen LogP contribution is 2.23. The first-order valence-corrected chi connectivity index (χ1v) is 6.95. The van der Waals surface area contributed by atoms with Crippen LogP contribution < -0.4 is 4.90 Å². The Morgan fingerprint density at radius 2 is 1.84 bits per heavy atom. The van der Waals surface area contributed by atoms with E-state index in [1.807, 2.05) is 29.2 Å². The fraction of sp³-hybridized carbons (Fsp3) is 0.467. The van der Waals surface area contributed by atoms with E-state index in [4.69, 9.17) is 0 Å². The van der Waals surface area contributed by atoms with E-state index in [0.717, 1.165) is 44.6 Å². The molecule has 0 N–H and O–H groups in total. The van der Waals surface area contributed by atoms with Crippen molar-refractivity contribution in [3.63, 3.8) is 0 Å². The van der Waals surface area contributed by atoms with Gasteiger partial charge in [0.05, 0.1) is 0 Å². The predicted molar refractivity (Wildman–Crippen MR) is 73.2 cm³/mol. The van der Waals surface area contributed by atoms with E-state index in [9.17, 15) is 9.59 Å². The van der Waals surface area contributed by atoms with Crippen molar-refractivity contribution in [2.24, 2.45) is 0 Å². The average molecular weight is 258 g/mol. The van der Waals surface area contributed by atoms with Crippen LogP contribution in [0.25, 0.3) is 0 Å². The molecule has 1 aromatic rings.